The van der Waals surface area contributed by atoms with Crippen LogP contribution >= 0.6 is 11.3 Å². The van der Waals surface area contributed by atoms with E-state index in [-0.39, 0.29) is 6.04 Å². The van der Waals surface area contributed by atoms with Crippen LogP contribution in [0.25, 0.3) is 0 Å². The van der Waals surface area contributed by atoms with Gasteiger partial charge in [0.1, 0.15) is 4.21 Å². The fourth-order valence-corrected chi connectivity index (χ4v) is 4.77. The van der Waals surface area contributed by atoms with Crippen molar-refractivity contribution in [3.05, 3.63) is 17.5 Å². The van der Waals surface area contributed by atoms with Crippen LogP contribution in [0.5, 0.6) is 0 Å². The highest BCUT2D eigenvalue weighted by molar-refractivity contribution is 7.91. The molecule has 0 radical (unpaired) electrons. The van der Waals surface area contributed by atoms with Gasteiger partial charge in [-0.2, -0.15) is 4.31 Å². The summed E-state index contributed by atoms with van der Waals surface area (Å²) in [5.41, 5.74) is 0. The molecule has 0 aliphatic carbocycles. The molecule has 1 aromatic heterocycles. The zero-order chi connectivity index (χ0) is 12.3. The van der Waals surface area contributed by atoms with Crippen molar-refractivity contribution in [2.45, 2.75) is 17.2 Å². The second kappa shape index (κ2) is 5.39. The Morgan fingerprint density at radius 2 is 2.19 bits per heavy atom. The van der Waals surface area contributed by atoms with Crippen LogP contribution in [0.1, 0.15) is 6.92 Å². The van der Waals surface area contributed by atoms with Crippen molar-refractivity contribution >= 4 is 32.2 Å². The third kappa shape index (κ3) is 3.13. The van der Waals surface area contributed by atoms with E-state index in [1.807, 2.05) is 0 Å². The van der Waals surface area contributed by atoms with Crippen molar-refractivity contribution in [1.82, 2.24) is 4.31 Å². The Bertz CT molecular complexity index is 452. The third-order valence-electron chi connectivity index (χ3n) is 2.23. The molecule has 4 nitrogen and oxygen atoms in total. The highest BCUT2D eigenvalue weighted by Gasteiger charge is 2.26. The van der Waals surface area contributed by atoms with Crippen LogP contribution in [0.3, 0.4) is 0 Å². The lowest BCUT2D eigenvalue weighted by atomic mass is 10.4. The van der Waals surface area contributed by atoms with Crippen LogP contribution in [-0.2, 0) is 20.8 Å². The first-order valence-electron chi connectivity index (χ1n) is 4.67. The van der Waals surface area contributed by atoms with Crippen molar-refractivity contribution < 1.29 is 12.6 Å². The average Bonchev–Trinajstić information content (AvgIpc) is 2.68. The van der Waals surface area contributed by atoms with Crippen molar-refractivity contribution in [2.75, 3.05) is 19.1 Å². The summed E-state index contributed by atoms with van der Waals surface area (Å²) in [7, 11) is -2.90. The van der Waals surface area contributed by atoms with Gasteiger partial charge in [-0.1, -0.05) is 6.07 Å². The van der Waals surface area contributed by atoms with E-state index in [1.54, 1.807) is 30.7 Å². The third-order valence-corrected chi connectivity index (χ3v) is 6.52. The molecule has 1 heterocycles. The summed E-state index contributed by atoms with van der Waals surface area (Å²) >= 11 is 1.19. The first-order valence-corrected chi connectivity index (χ1v) is 8.72. The van der Waals surface area contributed by atoms with Gasteiger partial charge in [0, 0.05) is 35.9 Å². The highest BCUT2D eigenvalue weighted by atomic mass is 32.2. The van der Waals surface area contributed by atoms with Crippen LogP contribution in [0.2, 0.25) is 0 Å². The topological polar surface area (TPSA) is 54.5 Å². The van der Waals surface area contributed by atoms with Crippen molar-refractivity contribution in [3.8, 4) is 0 Å². The van der Waals surface area contributed by atoms with E-state index in [0.29, 0.717) is 9.96 Å². The Kier molecular flexibility index (Phi) is 4.66. The molecule has 1 rings (SSSR count). The minimum atomic E-state index is -3.42. The van der Waals surface area contributed by atoms with Gasteiger partial charge in [-0.05, 0) is 18.4 Å². The van der Waals surface area contributed by atoms with Gasteiger partial charge in [-0.3, -0.25) is 4.21 Å². The molecule has 0 amide bonds. The number of sulfonamides is 1. The Labute approximate surface area is 103 Å². The predicted molar refractivity (Wildman–Crippen MR) is 67.7 cm³/mol. The first-order chi connectivity index (χ1) is 7.35. The quantitative estimate of drug-likeness (QED) is 0.813. The molecule has 0 N–H and O–H groups in total. The summed E-state index contributed by atoms with van der Waals surface area (Å²) in [6.07, 6.45) is 1.57. The molecule has 0 aliphatic heterocycles. The Hall–Kier alpha value is -0.240. The Morgan fingerprint density at radius 3 is 2.62 bits per heavy atom. The minimum absolute atomic E-state index is 0.266. The molecular formula is C9H15NO3S3. The fourth-order valence-electron chi connectivity index (χ4n) is 1.23. The Morgan fingerprint density at radius 1 is 1.56 bits per heavy atom. The lowest BCUT2D eigenvalue weighted by Gasteiger charge is -2.22. The summed E-state index contributed by atoms with van der Waals surface area (Å²) in [5.74, 6) is 0.348. The van der Waals surface area contributed by atoms with Gasteiger partial charge in [0.25, 0.3) is 10.0 Å². The SMILES string of the molecule is C[C@H](C[S@](C)=O)N(C)S(=O)(=O)c1cccs1. The lowest BCUT2D eigenvalue weighted by Crippen LogP contribution is -2.37. The van der Waals surface area contributed by atoms with Crippen LogP contribution in [-0.4, -0.2) is 42.0 Å². The molecule has 0 saturated carbocycles. The minimum Gasteiger partial charge on any atom is -0.260 e. The van der Waals surface area contributed by atoms with Crippen LogP contribution in [0.15, 0.2) is 21.7 Å². The van der Waals surface area contributed by atoms with Crippen molar-refractivity contribution in [2.24, 2.45) is 0 Å². The van der Waals surface area contributed by atoms with E-state index in [0.717, 1.165) is 0 Å². The van der Waals surface area contributed by atoms with Gasteiger partial charge in [-0.15, -0.1) is 11.3 Å². The highest BCUT2D eigenvalue weighted by Crippen LogP contribution is 2.21. The molecule has 16 heavy (non-hydrogen) atoms. The van der Waals surface area contributed by atoms with Gasteiger partial charge >= 0.3 is 0 Å². The maximum Gasteiger partial charge on any atom is 0.252 e. The molecule has 7 heteroatoms. The van der Waals surface area contributed by atoms with Gasteiger partial charge < -0.3 is 0 Å². The summed E-state index contributed by atoms with van der Waals surface area (Å²) in [6, 6.07) is 3.01. The number of thiophene rings is 1. The predicted octanol–water partition coefficient (Wildman–Crippen LogP) is 1.14. The summed E-state index contributed by atoms with van der Waals surface area (Å²) in [4.78, 5) is 0. The normalized spacial score (nSPS) is 16.2. The van der Waals surface area contributed by atoms with Gasteiger partial charge in [0.2, 0.25) is 0 Å². The second-order valence-corrected chi connectivity index (χ2v) is 8.19. The number of hydrogen-bond acceptors (Lipinski definition) is 4. The molecule has 2 atom stereocenters. The van der Waals surface area contributed by atoms with Gasteiger partial charge in [-0.25, -0.2) is 8.42 Å². The smallest absolute Gasteiger partial charge is 0.252 e. The summed E-state index contributed by atoms with van der Waals surface area (Å²) < 4.78 is 36.8. The monoisotopic (exact) mass is 281 g/mol. The van der Waals surface area contributed by atoms with E-state index < -0.39 is 20.8 Å². The van der Waals surface area contributed by atoms with E-state index in [9.17, 15) is 12.6 Å². The van der Waals surface area contributed by atoms with E-state index in [2.05, 4.69) is 0 Å². The molecule has 1 aromatic rings. The number of hydrogen-bond donors (Lipinski definition) is 0. The molecule has 0 fully saturated rings. The number of nitrogens with zero attached hydrogens (tertiary/aromatic N) is 1. The maximum absolute atomic E-state index is 12.1. The summed E-state index contributed by atoms with van der Waals surface area (Å²) in [5, 5.41) is 1.73. The average molecular weight is 281 g/mol. The lowest BCUT2D eigenvalue weighted by molar-refractivity contribution is 0.414. The van der Waals surface area contributed by atoms with Crippen molar-refractivity contribution in [1.29, 1.82) is 0 Å². The molecule has 0 aliphatic rings. The van der Waals surface area contributed by atoms with Crippen LogP contribution in [0.4, 0.5) is 0 Å². The van der Waals surface area contributed by atoms with Crippen molar-refractivity contribution in [3.63, 3.8) is 0 Å². The Balaban J connectivity index is 2.89. The largest absolute Gasteiger partial charge is 0.260 e. The molecule has 0 saturated heterocycles. The maximum atomic E-state index is 12.1. The van der Waals surface area contributed by atoms with Gasteiger partial charge in [0.15, 0.2) is 0 Å². The first kappa shape index (κ1) is 13.8. The standard InChI is InChI=1S/C9H15NO3S3/c1-8(7-15(3)11)10(2)16(12,13)9-5-4-6-14-9/h4-6,8H,7H2,1-3H3/t8-,15+/m1/s1. The molecule has 92 valence electrons. The summed E-state index contributed by atoms with van der Waals surface area (Å²) in [6.45, 7) is 1.76. The molecular weight excluding hydrogens is 266 g/mol. The van der Waals surface area contributed by atoms with Crippen LogP contribution < -0.4 is 0 Å². The van der Waals surface area contributed by atoms with E-state index in [4.69, 9.17) is 0 Å². The van der Waals surface area contributed by atoms with E-state index in [1.165, 1.54) is 22.7 Å². The van der Waals surface area contributed by atoms with Crippen LogP contribution in [0, 0.1) is 0 Å². The second-order valence-electron chi connectivity index (χ2n) is 3.54. The van der Waals surface area contributed by atoms with Gasteiger partial charge in [0.05, 0.1) is 0 Å². The molecule has 0 aromatic carbocycles. The zero-order valence-electron chi connectivity index (χ0n) is 9.41. The fraction of sp³-hybridized carbons (Fsp3) is 0.556. The number of rotatable bonds is 5. The zero-order valence-corrected chi connectivity index (χ0v) is 11.9. The van der Waals surface area contributed by atoms with E-state index >= 15 is 0 Å². The molecule has 0 spiro atoms. The molecule has 0 unspecified atom stereocenters. The molecule has 0 bridgehead atoms.